The Labute approximate surface area is 149 Å². The number of halogens is 3. The number of carboxylic acid groups (broad SMARTS) is 1. The van der Waals surface area contributed by atoms with Gasteiger partial charge in [0.15, 0.2) is 6.61 Å². The number of aliphatic carboxylic acids is 1. The molecular weight excluding hydrogens is 351 g/mol. The standard InChI is InChI=1S/C18H22F3NO4/c1-22(14-6-8-15(9-7-14)26-11-17(24)25)16(23)10-12-2-4-13(5-3-12)18(19,20)21/h6-9,12-13H,2-5,10-11H2,1H3,(H,24,25). The molecule has 0 bridgehead atoms. The van der Waals surface area contributed by atoms with Crippen molar-refractivity contribution in [3.05, 3.63) is 24.3 Å². The molecule has 1 N–H and O–H groups in total. The van der Waals surface area contributed by atoms with Gasteiger partial charge in [0.1, 0.15) is 5.75 Å². The second-order valence-corrected chi connectivity index (χ2v) is 6.59. The molecule has 1 fully saturated rings. The number of carbonyl (C=O) groups excluding carboxylic acids is 1. The van der Waals surface area contributed by atoms with Crippen LogP contribution in [0.2, 0.25) is 0 Å². The van der Waals surface area contributed by atoms with Crippen LogP contribution in [0.1, 0.15) is 32.1 Å². The third-order valence-corrected chi connectivity index (χ3v) is 4.73. The van der Waals surface area contributed by atoms with E-state index < -0.39 is 24.7 Å². The van der Waals surface area contributed by atoms with E-state index in [0.717, 1.165) is 0 Å². The van der Waals surface area contributed by atoms with Gasteiger partial charge in [0, 0.05) is 19.2 Å². The number of nitrogens with zero attached hydrogens (tertiary/aromatic N) is 1. The van der Waals surface area contributed by atoms with E-state index in [9.17, 15) is 22.8 Å². The zero-order valence-electron chi connectivity index (χ0n) is 14.5. The van der Waals surface area contributed by atoms with Gasteiger partial charge in [-0.3, -0.25) is 4.79 Å². The molecule has 5 nitrogen and oxygen atoms in total. The molecule has 1 aromatic carbocycles. The first-order chi connectivity index (χ1) is 12.2. The third kappa shape index (κ3) is 5.64. The minimum Gasteiger partial charge on any atom is -0.482 e. The van der Waals surface area contributed by atoms with Crippen molar-refractivity contribution in [2.24, 2.45) is 11.8 Å². The summed E-state index contributed by atoms with van der Waals surface area (Å²) >= 11 is 0. The fraction of sp³-hybridized carbons (Fsp3) is 0.556. The Kier molecular flexibility index (Phi) is 6.50. The summed E-state index contributed by atoms with van der Waals surface area (Å²) < 4.78 is 43.1. The van der Waals surface area contributed by atoms with Crippen LogP contribution in [0.3, 0.4) is 0 Å². The van der Waals surface area contributed by atoms with Gasteiger partial charge in [-0.25, -0.2) is 4.79 Å². The molecule has 0 saturated heterocycles. The van der Waals surface area contributed by atoms with Crippen LogP contribution in [0.15, 0.2) is 24.3 Å². The molecular formula is C18H22F3NO4. The molecule has 0 aliphatic heterocycles. The Morgan fingerprint density at radius 2 is 1.73 bits per heavy atom. The quantitative estimate of drug-likeness (QED) is 0.822. The lowest BCUT2D eigenvalue weighted by Crippen LogP contribution is -2.32. The van der Waals surface area contributed by atoms with Gasteiger partial charge in [0.2, 0.25) is 5.91 Å². The van der Waals surface area contributed by atoms with Gasteiger partial charge in [0.25, 0.3) is 0 Å². The van der Waals surface area contributed by atoms with E-state index in [4.69, 9.17) is 9.84 Å². The summed E-state index contributed by atoms with van der Waals surface area (Å²) in [7, 11) is 1.61. The van der Waals surface area contributed by atoms with Crippen molar-refractivity contribution in [2.75, 3.05) is 18.6 Å². The minimum atomic E-state index is -4.14. The maximum absolute atomic E-state index is 12.7. The molecule has 144 valence electrons. The molecule has 1 aliphatic rings. The average molecular weight is 373 g/mol. The molecule has 26 heavy (non-hydrogen) atoms. The zero-order chi connectivity index (χ0) is 19.3. The second-order valence-electron chi connectivity index (χ2n) is 6.59. The number of anilines is 1. The van der Waals surface area contributed by atoms with Crippen LogP contribution in [-0.4, -0.2) is 36.8 Å². The lowest BCUT2D eigenvalue weighted by atomic mass is 9.80. The number of amides is 1. The van der Waals surface area contributed by atoms with E-state index in [2.05, 4.69) is 0 Å². The van der Waals surface area contributed by atoms with Crippen molar-refractivity contribution in [1.82, 2.24) is 0 Å². The monoisotopic (exact) mass is 373 g/mol. The summed E-state index contributed by atoms with van der Waals surface area (Å²) in [6, 6.07) is 6.40. The highest BCUT2D eigenvalue weighted by Gasteiger charge is 2.41. The van der Waals surface area contributed by atoms with E-state index in [1.807, 2.05) is 0 Å². The van der Waals surface area contributed by atoms with Crippen LogP contribution in [-0.2, 0) is 9.59 Å². The minimum absolute atomic E-state index is 0.0262. The third-order valence-electron chi connectivity index (χ3n) is 4.73. The van der Waals surface area contributed by atoms with Crippen molar-refractivity contribution in [2.45, 2.75) is 38.3 Å². The molecule has 1 aliphatic carbocycles. The van der Waals surface area contributed by atoms with E-state index in [0.29, 0.717) is 24.3 Å². The maximum Gasteiger partial charge on any atom is 0.391 e. The fourth-order valence-corrected chi connectivity index (χ4v) is 3.13. The number of ether oxygens (including phenoxy) is 1. The highest BCUT2D eigenvalue weighted by Crippen LogP contribution is 2.40. The lowest BCUT2D eigenvalue weighted by molar-refractivity contribution is -0.184. The Balaban J connectivity index is 1.85. The Morgan fingerprint density at radius 3 is 2.23 bits per heavy atom. The van der Waals surface area contributed by atoms with Crippen LogP contribution in [0, 0.1) is 11.8 Å². The molecule has 0 heterocycles. The molecule has 0 aromatic heterocycles. The number of carboxylic acids is 1. The Hall–Kier alpha value is -2.25. The number of rotatable bonds is 6. The molecule has 1 saturated carbocycles. The smallest absolute Gasteiger partial charge is 0.391 e. The van der Waals surface area contributed by atoms with Crippen LogP contribution in [0.4, 0.5) is 18.9 Å². The van der Waals surface area contributed by atoms with Gasteiger partial charge in [-0.05, 0) is 55.9 Å². The van der Waals surface area contributed by atoms with Gasteiger partial charge < -0.3 is 14.7 Å². The summed E-state index contributed by atoms with van der Waals surface area (Å²) in [5.41, 5.74) is 0.613. The van der Waals surface area contributed by atoms with E-state index in [-0.39, 0.29) is 31.1 Å². The first kappa shape index (κ1) is 20.1. The number of hydrogen-bond donors (Lipinski definition) is 1. The highest BCUT2D eigenvalue weighted by atomic mass is 19.4. The number of alkyl halides is 3. The van der Waals surface area contributed by atoms with Gasteiger partial charge in [-0.1, -0.05) is 0 Å². The first-order valence-electron chi connectivity index (χ1n) is 8.44. The van der Waals surface area contributed by atoms with Crippen LogP contribution in [0.25, 0.3) is 0 Å². The van der Waals surface area contributed by atoms with Crippen molar-refractivity contribution in [3.63, 3.8) is 0 Å². The van der Waals surface area contributed by atoms with Crippen LogP contribution in [0.5, 0.6) is 5.75 Å². The van der Waals surface area contributed by atoms with E-state index in [1.165, 1.54) is 4.90 Å². The molecule has 1 amide bonds. The van der Waals surface area contributed by atoms with E-state index in [1.54, 1.807) is 31.3 Å². The Bertz CT molecular complexity index is 622. The molecule has 2 rings (SSSR count). The highest BCUT2D eigenvalue weighted by molar-refractivity contribution is 5.93. The van der Waals surface area contributed by atoms with Gasteiger partial charge in [-0.2, -0.15) is 13.2 Å². The molecule has 8 heteroatoms. The Morgan fingerprint density at radius 1 is 1.15 bits per heavy atom. The summed E-state index contributed by atoms with van der Waals surface area (Å²) in [6.07, 6.45) is -2.94. The van der Waals surface area contributed by atoms with E-state index >= 15 is 0 Å². The SMILES string of the molecule is CN(C(=O)CC1CCC(C(F)(F)F)CC1)c1ccc(OCC(=O)O)cc1. The predicted octanol–water partition coefficient (Wildman–Crippen LogP) is 3.87. The first-order valence-corrected chi connectivity index (χ1v) is 8.44. The summed E-state index contributed by atoms with van der Waals surface area (Å²) in [5.74, 6) is -2.13. The second kappa shape index (κ2) is 8.42. The van der Waals surface area contributed by atoms with Crippen molar-refractivity contribution in [3.8, 4) is 5.75 Å². The predicted molar refractivity (Wildman–Crippen MR) is 89.1 cm³/mol. The summed E-state index contributed by atoms with van der Waals surface area (Å²) in [6.45, 7) is -0.450. The van der Waals surface area contributed by atoms with Gasteiger partial charge >= 0.3 is 12.1 Å². The topological polar surface area (TPSA) is 66.8 Å². The fourth-order valence-electron chi connectivity index (χ4n) is 3.13. The molecule has 0 radical (unpaired) electrons. The van der Waals surface area contributed by atoms with Crippen LogP contribution >= 0.6 is 0 Å². The van der Waals surface area contributed by atoms with Crippen LogP contribution < -0.4 is 9.64 Å². The largest absolute Gasteiger partial charge is 0.482 e. The average Bonchev–Trinajstić information content (AvgIpc) is 2.59. The van der Waals surface area contributed by atoms with Crippen molar-refractivity contribution in [1.29, 1.82) is 0 Å². The maximum atomic E-state index is 12.7. The summed E-state index contributed by atoms with van der Waals surface area (Å²) in [5, 5.41) is 8.57. The molecule has 1 aromatic rings. The van der Waals surface area contributed by atoms with Gasteiger partial charge in [0.05, 0.1) is 5.92 Å². The van der Waals surface area contributed by atoms with Gasteiger partial charge in [-0.15, -0.1) is 0 Å². The zero-order valence-corrected chi connectivity index (χ0v) is 14.5. The van der Waals surface area contributed by atoms with Crippen molar-refractivity contribution >= 4 is 17.6 Å². The molecule has 0 unspecified atom stereocenters. The normalized spacial score (nSPS) is 20.5. The summed E-state index contributed by atoms with van der Waals surface area (Å²) in [4.78, 5) is 24.3. The lowest BCUT2D eigenvalue weighted by Gasteiger charge is -2.30. The molecule has 0 atom stereocenters. The number of hydrogen-bond acceptors (Lipinski definition) is 3. The van der Waals surface area contributed by atoms with Crippen molar-refractivity contribution < 1.29 is 32.6 Å². The number of benzene rings is 1. The number of carbonyl (C=O) groups is 2. The molecule has 0 spiro atoms.